The lowest BCUT2D eigenvalue weighted by atomic mass is 9.80. The van der Waals surface area contributed by atoms with Gasteiger partial charge < -0.3 is 9.84 Å². The number of benzene rings is 4. The van der Waals surface area contributed by atoms with Crippen molar-refractivity contribution in [3.8, 4) is 22.9 Å². The van der Waals surface area contributed by atoms with E-state index in [4.69, 9.17) is 51.1 Å². The van der Waals surface area contributed by atoms with Gasteiger partial charge in [-0.25, -0.2) is 26.4 Å². The van der Waals surface area contributed by atoms with Gasteiger partial charge in [0.25, 0.3) is 11.1 Å². The van der Waals surface area contributed by atoms with E-state index in [1.54, 1.807) is 0 Å². The number of methoxy groups -OCH3 is 1. The Hall–Kier alpha value is -5.66. The van der Waals surface area contributed by atoms with Crippen LogP contribution < -0.4 is 27.2 Å². The average Bonchev–Trinajstić information content (AvgIpc) is 3.18. The molecular weight excluding hydrogens is 1060 g/mol. The van der Waals surface area contributed by atoms with Crippen molar-refractivity contribution in [3.05, 3.63) is 145 Å². The van der Waals surface area contributed by atoms with Crippen LogP contribution in [0.25, 0.3) is 11.4 Å². The van der Waals surface area contributed by atoms with Crippen LogP contribution >= 0.6 is 46.4 Å². The van der Waals surface area contributed by atoms with Crippen LogP contribution in [0.15, 0.2) is 99.4 Å². The second kappa shape index (κ2) is 18.9. The van der Waals surface area contributed by atoms with Gasteiger partial charge in [-0.15, -0.1) is 0 Å². The Balaban J connectivity index is 0.000000204. The zero-order valence-corrected chi connectivity index (χ0v) is 39.3. The molecule has 0 bridgehead atoms. The molecule has 4 aromatic carbocycles. The number of nitrogens with zero attached hydrogens (tertiary/aromatic N) is 4. The summed E-state index contributed by atoms with van der Waals surface area (Å²) in [6, 6.07) is 11.7. The third-order valence-electron chi connectivity index (χ3n) is 11.1. The van der Waals surface area contributed by atoms with Gasteiger partial charge >= 0.3 is 23.7 Å². The number of aromatic nitrogens is 6. The summed E-state index contributed by atoms with van der Waals surface area (Å²) in [5, 5.41) is 14.3. The molecule has 69 heavy (non-hydrogen) atoms. The van der Waals surface area contributed by atoms with Gasteiger partial charge in [0, 0.05) is 0 Å². The zero-order valence-electron chi connectivity index (χ0n) is 34.7. The maximum absolute atomic E-state index is 13.4. The highest BCUT2D eigenvalue weighted by molar-refractivity contribution is 7.92. The molecule has 6 aromatic rings. The molecule has 2 saturated carbocycles. The third-order valence-corrected chi connectivity index (χ3v) is 16.4. The van der Waals surface area contributed by atoms with Crippen LogP contribution in [0.5, 0.6) is 11.5 Å². The van der Waals surface area contributed by atoms with Crippen LogP contribution in [0.4, 0.5) is 26.3 Å². The second-order valence-corrected chi connectivity index (χ2v) is 20.8. The first-order valence-corrected chi connectivity index (χ1v) is 24.2. The number of aromatic hydroxyl groups is 1. The fraction of sp³-hybridized carbons (Fsp3) is 0.268. The van der Waals surface area contributed by atoms with Crippen molar-refractivity contribution in [3.63, 3.8) is 0 Å². The number of halogens is 10. The highest BCUT2D eigenvalue weighted by Crippen LogP contribution is 2.45. The van der Waals surface area contributed by atoms with E-state index < -0.39 is 101 Å². The summed E-state index contributed by atoms with van der Waals surface area (Å²) in [6.07, 6.45) is -4.97. The molecule has 2 aliphatic rings. The van der Waals surface area contributed by atoms with Crippen molar-refractivity contribution in [2.45, 2.75) is 82.3 Å². The lowest BCUT2D eigenvalue weighted by Gasteiger charge is -2.27. The highest BCUT2D eigenvalue weighted by Gasteiger charge is 2.39. The van der Waals surface area contributed by atoms with Gasteiger partial charge in [0.15, 0.2) is 0 Å². The SMILES string of the molecule is COc1ccc(S(=O)(=O)c2c(Cl)cc(-n3nc(C(F)(F)F)c(=O)[nH]c3=O)cc2Cl)cc1C1CCC1.O=c1[nH]c(=O)n(-c2cc(Cl)c(S(=O)(=O)c3ccc(O)c(C4CCC4)c3)c(Cl)c2)nc1C(F)(F)F. The van der Waals surface area contributed by atoms with Crippen molar-refractivity contribution < 1.29 is 53.0 Å². The van der Waals surface area contributed by atoms with Crippen molar-refractivity contribution in [1.82, 2.24) is 29.5 Å². The monoisotopic (exact) mass is 1080 g/mol. The molecule has 16 nitrogen and oxygen atoms in total. The zero-order chi connectivity index (χ0) is 50.7. The van der Waals surface area contributed by atoms with Gasteiger partial charge in [0.2, 0.25) is 31.1 Å². The van der Waals surface area contributed by atoms with E-state index in [1.165, 1.54) is 53.5 Å². The van der Waals surface area contributed by atoms with E-state index in [9.17, 15) is 67.5 Å². The minimum atomic E-state index is -5.16. The van der Waals surface area contributed by atoms with Gasteiger partial charge in [-0.3, -0.25) is 19.6 Å². The molecule has 0 unspecified atom stereocenters. The third kappa shape index (κ3) is 10.0. The van der Waals surface area contributed by atoms with Crippen LogP contribution in [0.3, 0.4) is 0 Å². The van der Waals surface area contributed by atoms with Crippen LogP contribution in [0, 0.1) is 0 Å². The summed E-state index contributed by atoms with van der Waals surface area (Å²) in [5.41, 5.74) is -9.41. The van der Waals surface area contributed by atoms with Gasteiger partial charge in [0.05, 0.1) is 48.4 Å². The number of hydrogen-bond donors (Lipinski definition) is 3. The normalized spacial score (nSPS) is 14.7. The fourth-order valence-electron chi connectivity index (χ4n) is 7.27. The molecule has 0 amide bonds. The van der Waals surface area contributed by atoms with Crippen molar-refractivity contribution in [1.29, 1.82) is 0 Å². The van der Waals surface area contributed by atoms with Gasteiger partial charge in [-0.2, -0.15) is 45.9 Å². The largest absolute Gasteiger partial charge is 0.508 e. The van der Waals surface area contributed by atoms with Gasteiger partial charge in [-0.1, -0.05) is 59.2 Å². The van der Waals surface area contributed by atoms with Crippen LogP contribution in [0.1, 0.15) is 72.9 Å². The van der Waals surface area contributed by atoms with E-state index in [0.717, 1.165) is 68.4 Å². The van der Waals surface area contributed by atoms with E-state index in [0.29, 0.717) is 11.3 Å². The number of phenols is 1. The van der Waals surface area contributed by atoms with E-state index in [2.05, 4.69) is 10.2 Å². The molecular formula is C41H30Cl4F6N6O10S2. The minimum absolute atomic E-state index is 0.0180. The molecule has 0 atom stereocenters. The standard InChI is InChI=1S/C21H16Cl2F3N3O5S.C20H14Cl2F3N3O5S/c1-34-16-6-5-12(9-13(16)10-3-2-4-10)35(32,33)17-14(22)7-11(8-15(17)23)29-20(31)27-19(30)18(28-29)21(24,25)26;21-13-6-10(28-19(31)26-18(30)17(27-28)20(23,24)25)7-14(22)16(13)34(32,33)11-4-5-15(29)12(8-11)9-2-1-3-9/h5-10H,2-4H2,1H3,(H,27,30,31);4-9,29H,1-3H2,(H,26,30,31). The highest BCUT2D eigenvalue weighted by atomic mass is 35.5. The maximum Gasteiger partial charge on any atom is 0.440 e. The molecule has 2 aliphatic carbocycles. The number of rotatable bonds is 9. The summed E-state index contributed by atoms with van der Waals surface area (Å²) >= 11 is 24.7. The summed E-state index contributed by atoms with van der Waals surface area (Å²) in [5.74, 6) is 0.671. The Morgan fingerprint density at radius 3 is 1.32 bits per heavy atom. The van der Waals surface area contributed by atoms with Crippen molar-refractivity contribution >= 4 is 66.1 Å². The van der Waals surface area contributed by atoms with Crippen molar-refractivity contribution in [2.75, 3.05) is 7.11 Å². The molecule has 366 valence electrons. The number of hydrogen-bond acceptors (Lipinski definition) is 12. The number of alkyl halides is 6. The smallest absolute Gasteiger partial charge is 0.440 e. The Kier molecular flexibility index (Phi) is 14.0. The van der Waals surface area contributed by atoms with Crippen LogP contribution in [-0.4, -0.2) is 58.6 Å². The Labute approximate surface area is 403 Å². The topological polar surface area (TPSA) is 233 Å². The van der Waals surface area contributed by atoms with Gasteiger partial charge in [-0.05, 0) is 109 Å². The summed E-state index contributed by atoms with van der Waals surface area (Å²) in [4.78, 5) is 48.8. The Morgan fingerprint density at radius 2 is 0.971 bits per heavy atom. The molecule has 2 heterocycles. The van der Waals surface area contributed by atoms with E-state index in [-0.39, 0.29) is 42.4 Å². The average molecular weight is 1090 g/mol. The molecule has 0 aliphatic heterocycles. The maximum atomic E-state index is 13.4. The minimum Gasteiger partial charge on any atom is -0.508 e. The van der Waals surface area contributed by atoms with E-state index in [1.807, 2.05) is 0 Å². The first kappa shape index (κ1) is 51.2. The Morgan fingerprint density at radius 1 is 0.609 bits per heavy atom. The first-order chi connectivity index (χ1) is 32.1. The molecule has 2 aromatic heterocycles. The number of H-pyrrole nitrogens is 2. The number of phenolic OH excluding ortho intramolecular Hbond substituents is 1. The molecule has 0 saturated heterocycles. The quantitative estimate of drug-likeness (QED) is 0.116. The fourth-order valence-corrected chi connectivity index (χ4v) is 12.2. The molecule has 0 spiro atoms. The predicted octanol–water partition coefficient (Wildman–Crippen LogP) is 8.41. The number of ether oxygens (including phenoxy) is 1. The Bertz CT molecular complexity index is 3490. The lowest BCUT2D eigenvalue weighted by molar-refractivity contribution is -0.144. The summed E-state index contributed by atoms with van der Waals surface area (Å²) < 4.78 is 138. The molecule has 3 N–H and O–H groups in total. The number of nitrogens with one attached hydrogen (secondary N) is 2. The summed E-state index contributed by atoms with van der Waals surface area (Å²) in [6.45, 7) is 0. The molecule has 2 fully saturated rings. The molecule has 0 radical (unpaired) electrons. The number of sulfone groups is 2. The number of aromatic amines is 2. The van der Waals surface area contributed by atoms with Gasteiger partial charge in [0.1, 0.15) is 21.3 Å². The molecule has 8 rings (SSSR count). The van der Waals surface area contributed by atoms with Crippen molar-refractivity contribution in [2.24, 2.45) is 0 Å². The van der Waals surface area contributed by atoms with Crippen LogP contribution in [-0.2, 0) is 32.0 Å². The van der Waals surface area contributed by atoms with E-state index >= 15 is 0 Å². The molecule has 28 heteroatoms. The summed E-state index contributed by atoms with van der Waals surface area (Å²) in [7, 11) is -7.12. The first-order valence-electron chi connectivity index (χ1n) is 19.8. The predicted molar refractivity (Wildman–Crippen MR) is 236 cm³/mol. The van der Waals surface area contributed by atoms with Crippen LogP contribution in [0.2, 0.25) is 20.1 Å². The second-order valence-electron chi connectivity index (χ2n) is 15.4. The lowest BCUT2D eigenvalue weighted by Crippen LogP contribution is -2.37.